The zero-order valence-electron chi connectivity index (χ0n) is 17.8. The van der Waals surface area contributed by atoms with Crippen molar-refractivity contribution in [2.24, 2.45) is 5.73 Å². The number of halogens is 1. The summed E-state index contributed by atoms with van der Waals surface area (Å²) in [6.45, 7) is 1.91. The number of carboxylic acids is 1. The van der Waals surface area contributed by atoms with E-state index in [0.717, 1.165) is 0 Å². The van der Waals surface area contributed by atoms with Gasteiger partial charge in [-0.05, 0) is 53.9 Å². The first kappa shape index (κ1) is 22.1. The Morgan fingerprint density at radius 3 is 2.70 bits per heavy atom. The minimum absolute atomic E-state index is 0.0711. The summed E-state index contributed by atoms with van der Waals surface area (Å²) >= 11 is 0. The largest absolute Gasteiger partial charge is 0.481 e. The standard InChI is InChI=1S/C24H22FN5O3/c1-2-17(24(32)33)18-6-3-4-7-19(18)27-23(31)21-20-8-5-9-30(20)29-22(28-21)15-10-14(13-26)11-16(25)12-15/h3-12,17H,2,13,26H2,1H3,(H,27,31)(H,32,33). The van der Waals surface area contributed by atoms with Crippen LogP contribution in [0.15, 0.2) is 60.8 Å². The van der Waals surface area contributed by atoms with E-state index in [0.29, 0.717) is 34.3 Å². The van der Waals surface area contributed by atoms with E-state index < -0.39 is 23.6 Å². The Hall–Kier alpha value is -4.11. The lowest BCUT2D eigenvalue weighted by Gasteiger charge is -2.16. The second kappa shape index (κ2) is 9.17. The molecule has 0 spiro atoms. The van der Waals surface area contributed by atoms with Crippen molar-refractivity contribution in [1.82, 2.24) is 14.6 Å². The zero-order chi connectivity index (χ0) is 23.5. The fourth-order valence-corrected chi connectivity index (χ4v) is 3.75. The first-order chi connectivity index (χ1) is 15.9. The van der Waals surface area contributed by atoms with Crippen LogP contribution < -0.4 is 11.1 Å². The zero-order valence-corrected chi connectivity index (χ0v) is 17.8. The van der Waals surface area contributed by atoms with E-state index >= 15 is 0 Å². The van der Waals surface area contributed by atoms with E-state index in [9.17, 15) is 19.1 Å². The Kier molecular flexibility index (Phi) is 6.14. The molecule has 2 aromatic carbocycles. The van der Waals surface area contributed by atoms with Crippen LogP contribution in [0.4, 0.5) is 10.1 Å². The maximum atomic E-state index is 14.1. The monoisotopic (exact) mass is 447 g/mol. The number of benzene rings is 2. The molecule has 0 bridgehead atoms. The van der Waals surface area contributed by atoms with Gasteiger partial charge in [-0.25, -0.2) is 13.9 Å². The molecular weight excluding hydrogens is 425 g/mol. The van der Waals surface area contributed by atoms with Gasteiger partial charge in [0.15, 0.2) is 11.5 Å². The van der Waals surface area contributed by atoms with Crippen molar-refractivity contribution >= 4 is 23.1 Å². The average Bonchev–Trinajstić information content (AvgIpc) is 3.28. The summed E-state index contributed by atoms with van der Waals surface area (Å²) in [5.74, 6) is -2.60. The van der Waals surface area contributed by atoms with Crippen LogP contribution in [0.2, 0.25) is 0 Å². The van der Waals surface area contributed by atoms with Gasteiger partial charge in [0.25, 0.3) is 5.91 Å². The Morgan fingerprint density at radius 2 is 1.97 bits per heavy atom. The predicted molar refractivity (Wildman–Crippen MR) is 121 cm³/mol. The highest BCUT2D eigenvalue weighted by Gasteiger charge is 2.23. The number of para-hydroxylation sites is 1. The molecule has 4 aromatic rings. The number of hydrogen-bond donors (Lipinski definition) is 3. The quantitative estimate of drug-likeness (QED) is 0.396. The van der Waals surface area contributed by atoms with Gasteiger partial charge in [-0.1, -0.05) is 25.1 Å². The minimum Gasteiger partial charge on any atom is -0.481 e. The van der Waals surface area contributed by atoms with Crippen LogP contribution in [0, 0.1) is 5.82 Å². The van der Waals surface area contributed by atoms with Gasteiger partial charge in [-0.2, -0.15) is 0 Å². The summed E-state index contributed by atoms with van der Waals surface area (Å²) in [5, 5.41) is 16.8. The van der Waals surface area contributed by atoms with Gasteiger partial charge in [0, 0.05) is 24.0 Å². The third-order valence-electron chi connectivity index (χ3n) is 5.35. The molecule has 2 aromatic heterocycles. The molecule has 0 aliphatic rings. The summed E-state index contributed by atoms with van der Waals surface area (Å²) in [6, 6.07) is 14.4. The molecule has 168 valence electrons. The van der Waals surface area contributed by atoms with Crippen LogP contribution in [-0.2, 0) is 11.3 Å². The van der Waals surface area contributed by atoms with Crippen LogP contribution in [0.25, 0.3) is 16.9 Å². The molecule has 4 rings (SSSR count). The Balaban J connectivity index is 1.77. The molecular formula is C24H22FN5O3. The normalized spacial score (nSPS) is 12.0. The van der Waals surface area contributed by atoms with Crippen LogP contribution in [0.5, 0.6) is 0 Å². The number of hydrogen-bond acceptors (Lipinski definition) is 5. The van der Waals surface area contributed by atoms with Crippen molar-refractivity contribution in [3.05, 3.63) is 83.4 Å². The number of carbonyl (C=O) groups is 2. The maximum Gasteiger partial charge on any atom is 0.311 e. The Morgan fingerprint density at radius 1 is 1.18 bits per heavy atom. The van der Waals surface area contributed by atoms with Crippen molar-refractivity contribution in [2.45, 2.75) is 25.8 Å². The van der Waals surface area contributed by atoms with E-state index in [4.69, 9.17) is 5.73 Å². The maximum absolute atomic E-state index is 14.1. The summed E-state index contributed by atoms with van der Waals surface area (Å²) in [5.41, 5.74) is 8.02. The van der Waals surface area contributed by atoms with Gasteiger partial charge in [0.1, 0.15) is 5.82 Å². The van der Waals surface area contributed by atoms with E-state index in [1.807, 2.05) is 0 Å². The van der Waals surface area contributed by atoms with Crippen LogP contribution >= 0.6 is 0 Å². The van der Waals surface area contributed by atoms with Crippen LogP contribution in [-0.4, -0.2) is 31.6 Å². The van der Waals surface area contributed by atoms with E-state index in [1.165, 1.54) is 16.6 Å². The summed E-state index contributed by atoms with van der Waals surface area (Å²) in [7, 11) is 0. The molecule has 33 heavy (non-hydrogen) atoms. The van der Waals surface area contributed by atoms with Crippen molar-refractivity contribution in [3.8, 4) is 11.4 Å². The molecule has 2 heterocycles. The lowest BCUT2D eigenvalue weighted by molar-refractivity contribution is -0.138. The first-order valence-corrected chi connectivity index (χ1v) is 10.4. The smallest absolute Gasteiger partial charge is 0.311 e. The topological polar surface area (TPSA) is 123 Å². The molecule has 1 atom stereocenters. The van der Waals surface area contributed by atoms with Crippen molar-refractivity contribution < 1.29 is 19.1 Å². The van der Waals surface area contributed by atoms with Crippen molar-refractivity contribution in [1.29, 1.82) is 0 Å². The number of aromatic nitrogens is 3. The summed E-state index contributed by atoms with van der Waals surface area (Å²) < 4.78 is 15.6. The number of carbonyl (C=O) groups excluding carboxylic acids is 1. The Bertz CT molecular complexity index is 1350. The fourth-order valence-electron chi connectivity index (χ4n) is 3.75. The van der Waals surface area contributed by atoms with Gasteiger partial charge < -0.3 is 16.2 Å². The molecule has 1 amide bonds. The summed E-state index contributed by atoms with van der Waals surface area (Å²) in [4.78, 5) is 29.4. The third kappa shape index (κ3) is 4.44. The lowest BCUT2D eigenvalue weighted by atomic mass is 9.95. The number of anilines is 1. The molecule has 0 saturated heterocycles. The SMILES string of the molecule is CCC(C(=O)O)c1ccccc1NC(=O)c1nc(-c2cc(F)cc(CN)c2)nn2cccc12. The number of rotatable bonds is 7. The van der Waals surface area contributed by atoms with E-state index in [1.54, 1.807) is 55.6 Å². The molecule has 0 radical (unpaired) electrons. The van der Waals surface area contributed by atoms with Crippen molar-refractivity contribution in [3.63, 3.8) is 0 Å². The molecule has 0 saturated carbocycles. The molecule has 8 nitrogen and oxygen atoms in total. The summed E-state index contributed by atoms with van der Waals surface area (Å²) in [6.07, 6.45) is 2.03. The highest BCUT2D eigenvalue weighted by Crippen LogP contribution is 2.28. The molecule has 9 heteroatoms. The molecule has 1 unspecified atom stereocenters. The number of nitrogens with zero attached hydrogens (tertiary/aromatic N) is 3. The number of nitrogens with one attached hydrogen (secondary N) is 1. The first-order valence-electron chi connectivity index (χ1n) is 10.4. The van der Waals surface area contributed by atoms with Gasteiger partial charge >= 0.3 is 5.97 Å². The number of aliphatic carboxylic acids is 1. The van der Waals surface area contributed by atoms with Gasteiger partial charge in [0.05, 0.1) is 11.4 Å². The van der Waals surface area contributed by atoms with Crippen LogP contribution in [0.1, 0.15) is 40.9 Å². The number of carboxylic acid groups (broad SMARTS) is 1. The molecule has 0 aliphatic carbocycles. The second-order valence-corrected chi connectivity index (χ2v) is 7.51. The average molecular weight is 447 g/mol. The molecule has 4 N–H and O–H groups in total. The third-order valence-corrected chi connectivity index (χ3v) is 5.35. The number of amides is 1. The molecule has 0 fully saturated rings. The highest BCUT2D eigenvalue weighted by molar-refractivity contribution is 6.08. The van der Waals surface area contributed by atoms with E-state index in [2.05, 4.69) is 15.4 Å². The lowest BCUT2D eigenvalue weighted by Crippen LogP contribution is -2.19. The number of nitrogens with two attached hydrogens (primary N) is 1. The van der Waals surface area contributed by atoms with Gasteiger partial charge in [-0.3, -0.25) is 9.59 Å². The highest BCUT2D eigenvalue weighted by atomic mass is 19.1. The Labute approximate surface area is 188 Å². The van der Waals surface area contributed by atoms with Crippen molar-refractivity contribution in [2.75, 3.05) is 5.32 Å². The minimum atomic E-state index is -0.973. The predicted octanol–water partition coefficient (Wildman–Crippen LogP) is 3.82. The number of fused-ring (bicyclic) bond motifs is 1. The molecule has 0 aliphatic heterocycles. The van der Waals surface area contributed by atoms with E-state index in [-0.39, 0.29) is 18.1 Å². The van der Waals surface area contributed by atoms with Crippen LogP contribution in [0.3, 0.4) is 0 Å². The van der Waals surface area contributed by atoms with Gasteiger partial charge in [0.2, 0.25) is 0 Å². The van der Waals surface area contributed by atoms with Gasteiger partial charge in [-0.15, -0.1) is 5.10 Å². The second-order valence-electron chi connectivity index (χ2n) is 7.51. The fraction of sp³-hybridized carbons (Fsp3) is 0.167.